The van der Waals surface area contributed by atoms with Crippen molar-refractivity contribution in [2.45, 2.75) is 153 Å². The molecule has 1 fully saturated rings. The van der Waals surface area contributed by atoms with E-state index in [0.29, 0.717) is 17.7 Å². The Morgan fingerprint density at radius 1 is 0.427 bits per heavy atom. The molecule has 0 bridgehead atoms. The normalized spacial score (nSPS) is 22.1. The van der Waals surface area contributed by atoms with Crippen molar-refractivity contribution in [2.24, 2.45) is 0 Å². The van der Waals surface area contributed by atoms with Gasteiger partial charge < -0.3 is 4.90 Å². The van der Waals surface area contributed by atoms with Crippen molar-refractivity contribution in [1.29, 1.82) is 0 Å². The molecular weight excluding hydrogens is 929 g/mol. The SMILES string of the molecule is CC1(C)CCC(C)(C)c2cc([Si](c3ccccc3)(c3cccc(-c4nc(N5c6ccncc6C6(C)CCCCC56C)nc(-n5c6ccccc6c6ccccc65)n4)c3)c3ccc4c(c3)C(C)(C)CCC4(C)C)ccc21. The second-order valence-corrected chi connectivity index (χ2v) is 29.7. The predicted octanol–water partition coefficient (Wildman–Crippen LogP) is 13.8. The van der Waals surface area contributed by atoms with Crippen LogP contribution in [0, 0.1) is 0 Å². The molecule has 0 saturated heterocycles. The van der Waals surface area contributed by atoms with Gasteiger partial charge in [0.15, 0.2) is 13.9 Å². The summed E-state index contributed by atoms with van der Waals surface area (Å²) in [5.41, 5.74) is 11.3. The third-order valence-electron chi connectivity index (χ3n) is 19.8. The van der Waals surface area contributed by atoms with Gasteiger partial charge in [0.25, 0.3) is 0 Å². The summed E-state index contributed by atoms with van der Waals surface area (Å²) in [5.74, 6) is 1.96. The van der Waals surface area contributed by atoms with Gasteiger partial charge in [-0.3, -0.25) is 9.55 Å². The maximum Gasteiger partial charge on any atom is 0.240 e. The molecule has 0 N–H and O–H groups in total. The van der Waals surface area contributed by atoms with Crippen LogP contribution in [0.5, 0.6) is 0 Å². The van der Waals surface area contributed by atoms with Gasteiger partial charge in [-0.1, -0.05) is 203 Å². The van der Waals surface area contributed by atoms with E-state index in [9.17, 15) is 0 Å². The van der Waals surface area contributed by atoms with Gasteiger partial charge in [0.1, 0.15) is 0 Å². The molecule has 9 aromatic rings. The zero-order valence-electron chi connectivity index (χ0n) is 45.9. The molecule has 1 saturated carbocycles. The molecule has 4 aliphatic rings. The van der Waals surface area contributed by atoms with Crippen LogP contribution in [-0.2, 0) is 27.1 Å². The average Bonchev–Trinajstić information content (AvgIpc) is 3.87. The molecule has 4 heterocycles. The van der Waals surface area contributed by atoms with E-state index in [1.807, 2.05) is 6.20 Å². The summed E-state index contributed by atoms with van der Waals surface area (Å²) in [4.78, 5) is 24.3. The molecule has 2 atom stereocenters. The van der Waals surface area contributed by atoms with E-state index in [2.05, 4.69) is 230 Å². The van der Waals surface area contributed by atoms with Gasteiger partial charge in [-0.2, -0.15) is 15.0 Å². The van der Waals surface area contributed by atoms with Gasteiger partial charge in [0.05, 0.1) is 22.3 Å². The minimum Gasteiger partial charge on any atom is -0.303 e. The molecule has 2 unspecified atom stereocenters. The lowest BCUT2D eigenvalue weighted by Gasteiger charge is -2.49. The minimum absolute atomic E-state index is 0.0290. The van der Waals surface area contributed by atoms with Crippen LogP contribution in [0.15, 0.2) is 158 Å². The van der Waals surface area contributed by atoms with Crippen molar-refractivity contribution in [3.05, 3.63) is 186 Å². The first-order valence-electron chi connectivity index (χ1n) is 27.8. The standard InChI is InChI=1S/C68H72N6Si/c1-63(2)36-38-65(5,6)54-42-48(29-31-52(54)63)75(46-22-12-11-13-23-46,49-30-32-53-55(43-49)66(7,8)39-37-64(53,3)4)47-24-20-21-45(41-47)60-70-61(73-57-27-16-14-25-50(57)51-26-15-17-28-58(51)73)72-62(71-60)74-59-33-40-69-44-56(59)67(9)34-18-19-35-68(67,74)10/h11-17,20-33,40-44H,18-19,34-39H2,1-10H3. The van der Waals surface area contributed by atoms with E-state index >= 15 is 0 Å². The number of fused-ring (bicyclic) bond motifs is 8. The highest BCUT2D eigenvalue weighted by atomic mass is 28.3. The zero-order valence-corrected chi connectivity index (χ0v) is 46.9. The van der Waals surface area contributed by atoms with Gasteiger partial charge in [0.2, 0.25) is 11.9 Å². The molecule has 75 heavy (non-hydrogen) atoms. The lowest BCUT2D eigenvalue weighted by molar-refractivity contribution is 0.193. The fourth-order valence-electron chi connectivity index (χ4n) is 14.9. The smallest absolute Gasteiger partial charge is 0.240 e. The average molecular weight is 1000 g/mol. The molecule has 0 amide bonds. The summed E-state index contributed by atoms with van der Waals surface area (Å²) in [7, 11) is -3.17. The third kappa shape index (κ3) is 7.01. The Labute approximate surface area is 445 Å². The second kappa shape index (κ2) is 16.6. The van der Waals surface area contributed by atoms with Crippen LogP contribution in [0.2, 0.25) is 0 Å². The lowest BCUT2D eigenvalue weighted by atomic mass is 9.62. The Balaban J connectivity index is 1.11. The molecule has 13 rings (SSSR count). The minimum atomic E-state index is -3.17. The molecule has 3 aliphatic carbocycles. The Hall–Kier alpha value is -6.70. The number of rotatable bonds is 7. The number of nitrogens with zero attached hydrogens (tertiary/aromatic N) is 6. The highest BCUT2D eigenvalue weighted by Crippen LogP contribution is 2.60. The van der Waals surface area contributed by atoms with Gasteiger partial charge in [-0.25, -0.2) is 0 Å². The molecule has 3 aromatic heterocycles. The molecule has 0 radical (unpaired) electrons. The van der Waals surface area contributed by atoms with Crippen LogP contribution in [0.25, 0.3) is 39.1 Å². The number of pyridine rings is 1. The maximum atomic E-state index is 5.73. The number of hydrogen-bond acceptors (Lipinski definition) is 5. The summed E-state index contributed by atoms with van der Waals surface area (Å²) in [5, 5.41) is 7.87. The number of aromatic nitrogens is 5. The van der Waals surface area contributed by atoms with Crippen molar-refractivity contribution in [1.82, 2.24) is 24.5 Å². The van der Waals surface area contributed by atoms with E-state index in [0.717, 1.165) is 54.4 Å². The summed E-state index contributed by atoms with van der Waals surface area (Å²) in [6, 6.07) is 56.0. The molecule has 378 valence electrons. The van der Waals surface area contributed by atoms with Gasteiger partial charge in [0, 0.05) is 39.7 Å². The Bertz CT molecular complexity index is 3620. The Kier molecular flexibility index (Phi) is 10.6. The second-order valence-electron chi connectivity index (χ2n) is 25.9. The van der Waals surface area contributed by atoms with Gasteiger partial charge in [-0.05, 0) is 128 Å². The number of anilines is 2. The van der Waals surface area contributed by atoms with Crippen LogP contribution in [0.3, 0.4) is 0 Å². The quantitative estimate of drug-likeness (QED) is 0.118. The van der Waals surface area contributed by atoms with Gasteiger partial charge in [-0.15, -0.1) is 0 Å². The van der Waals surface area contributed by atoms with E-state index in [1.165, 1.54) is 78.6 Å². The molecular formula is C68H72N6Si. The monoisotopic (exact) mass is 1000 g/mol. The first-order chi connectivity index (χ1) is 35.9. The maximum absolute atomic E-state index is 5.73. The highest BCUT2D eigenvalue weighted by molar-refractivity contribution is 7.20. The molecule has 1 aliphatic heterocycles. The van der Waals surface area contributed by atoms with Gasteiger partial charge >= 0.3 is 0 Å². The lowest BCUT2D eigenvalue weighted by Crippen LogP contribution is -2.75. The van der Waals surface area contributed by atoms with E-state index < -0.39 is 8.07 Å². The first kappa shape index (κ1) is 48.0. The van der Waals surface area contributed by atoms with E-state index in [4.69, 9.17) is 19.9 Å². The van der Waals surface area contributed by atoms with Crippen molar-refractivity contribution in [3.63, 3.8) is 0 Å². The number of para-hydroxylation sites is 2. The van der Waals surface area contributed by atoms with Crippen molar-refractivity contribution in [2.75, 3.05) is 4.90 Å². The molecule has 6 aromatic carbocycles. The van der Waals surface area contributed by atoms with Crippen molar-refractivity contribution in [3.8, 4) is 17.3 Å². The van der Waals surface area contributed by atoms with Crippen LogP contribution < -0.4 is 25.6 Å². The zero-order chi connectivity index (χ0) is 51.9. The fraction of sp³-hybridized carbons (Fsp3) is 0.353. The topological polar surface area (TPSA) is 59.7 Å². The molecule has 6 nitrogen and oxygen atoms in total. The predicted molar refractivity (Wildman–Crippen MR) is 314 cm³/mol. The molecule has 7 heteroatoms. The Morgan fingerprint density at radius 2 is 0.947 bits per heavy atom. The van der Waals surface area contributed by atoms with Crippen LogP contribution >= 0.6 is 0 Å². The number of benzene rings is 6. The van der Waals surface area contributed by atoms with E-state index in [1.54, 1.807) is 0 Å². The molecule has 0 spiro atoms. The summed E-state index contributed by atoms with van der Waals surface area (Å²) >= 11 is 0. The summed E-state index contributed by atoms with van der Waals surface area (Å²) in [6.07, 6.45) is 13.1. The third-order valence-corrected chi connectivity index (χ3v) is 24.6. The van der Waals surface area contributed by atoms with Crippen molar-refractivity contribution >= 4 is 62.3 Å². The fourth-order valence-corrected chi connectivity index (χ4v) is 19.7. The van der Waals surface area contributed by atoms with Crippen molar-refractivity contribution < 1.29 is 0 Å². The number of hydrogen-bond donors (Lipinski definition) is 0. The van der Waals surface area contributed by atoms with Crippen LogP contribution in [0.4, 0.5) is 11.6 Å². The summed E-state index contributed by atoms with van der Waals surface area (Å²) < 4.78 is 2.27. The summed E-state index contributed by atoms with van der Waals surface area (Å²) in [6.45, 7) is 24.6. The van der Waals surface area contributed by atoms with Crippen LogP contribution in [-0.4, -0.2) is 38.1 Å². The Morgan fingerprint density at radius 3 is 1.56 bits per heavy atom. The van der Waals surface area contributed by atoms with E-state index in [-0.39, 0.29) is 32.6 Å². The van der Waals surface area contributed by atoms with Crippen LogP contribution in [0.1, 0.15) is 148 Å². The highest BCUT2D eigenvalue weighted by Gasteiger charge is 2.59. The first-order valence-corrected chi connectivity index (χ1v) is 29.8. The largest absolute Gasteiger partial charge is 0.303 e.